The van der Waals surface area contributed by atoms with E-state index in [9.17, 15) is 15.0 Å². The summed E-state index contributed by atoms with van der Waals surface area (Å²) in [5, 5.41) is 22.6. The van der Waals surface area contributed by atoms with Gasteiger partial charge in [0.1, 0.15) is 40.5 Å². The Morgan fingerprint density at radius 1 is 1.18 bits per heavy atom. The number of hydroxylamine groups is 1. The lowest BCUT2D eigenvalue weighted by Crippen LogP contribution is -2.66. The Labute approximate surface area is 226 Å². The Balaban J connectivity index is 1.50. The zero-order valence-electron chi connectivity index (χ0n) is 22.6. The number of nitrogens with one attached hydrogen (secondary N) is 1. The first-order valence-corrected chi connectivity index (χ1v) is 13.4. The highest BCUT2D eigenvalue weighted by Gasteiger charge is 2.57. The van der Waals surface area contributed by atoms with Crippen molar-refractivity contribution in [3.63, 3.8) is 0 Å². The molecule has 3 N–H and O–H groups in total. The van der Waals surface area contributed by atoms with Crippen molar-refractivity contribution in [2.24, 2.45) is 0 Å². The zero-order chi connectivity index (χ0) is 27.7. The fraction of sp³-hybridized carbons (Fsp3) is 0.607. The van der Waals surface area contributed by atoms with Gasteiger partial charge in [-0.25, -0.2) is 4.79 Å². The Kier molecular flexibility index (Phi) is 8.18. The number of fused-ring (bicyclic) bond motifs is 1. The van der Waals surface area contributed by atoms with E-state index in [1.807, 2.05) is 0 Å². The number of ether oxygens (including phenoxy) is 5. The van der Waals surface area contributed by atoms with E-state index >= 15 is 0 Å². The van der Waals surface area contributed by atoms with Crippen LogP contribution in [0.4, 0.5) is 0 Å². The van der Waals surface area contributed by atoms with Gasteiger partial charge < -0.3 is 38.3 Å². The third-order valence-corrected chi connectivity index (χ3v) is 7.95. The van der Waals surface area contributed by atoms with Crippen LogP contribution in [0, 0.1) is 6.92 Å². The van der Waals surface area contributed by atoms with E-state index in [4.69, 9.17) is 32.9 Å². The van der Waals surface area contributed by atoms with Gasteiger partial charge in [0.2, 0.25) is 6.29 Å². The number of aryl methyl sites for hydroxylation is 1. The predicted molar refractivity (Wildman–Crippen MR) is 140 cm³/mol. The molecule has 0 radical (unpaired) electrons. The third kappa shape index (κ3) is 5.15. The first kappa shape index (κ1) is 27.9. The Morgan fingerprint density at radius 2 is 1.95 bits per heavy atom. The van der Waals surface area contributed by atoms with Crippen LogP contribution in [0.25, 0.3) is 16.7 Å². The number of benzene rings is 1. The first-order valence-electron chi connectivity index (χ1n) is 13.4. The molecular formula is C28H37NO10. The summed E-state index contributed by atoms with van der Waals surface area (Å²) >= 11 is 0. The lowest BCUT2D eigenvalue weighted by atomic mass is 9.85. The minimum atomic E-state index is -1.03. The summed E-state index contributed by atoms with van der Waals surface area (Å²) < 4.78 is 36.4. The van der Waals surface area contributed by atoms with Crippen molar-refractivity contribution in [3.05, 3.63) is 40.3 Å². The highest BCUT2D eigenvalue weighted by Crippen LogP contribution is 2.45. The molecule has 1 aliphatic carbocycles. The van der Waals surface area contributed by atoms with E-state index in [0.29, 0.717) is 29.7 Å². The smallest absolute Gasteiger partial charge is 0.349 e. The van der Waals surface area contributed by atoms with Crippen LogP contribution in [0.15, 0.2) is 27.9 Å². The van der Waals surface area contributed by atoms with Gasteiger partial charge in [-0.1, -0.05) is 19.4 Å². The molecule has 2 aliphatic heterocycles. The molecule has 1 aromatic heterocycles. The number of aliphatic hydroxyl groups excluding tert-OH is 1. The average Bonchev–Trinajstić information content (AvgIpc) is 3.38. The molecule has 3 fully saturated rings. The Bertz CT molecular complexity index is 1250. The van der Waals surface area contributed by atoms with Gasteiger partial charge in [0, 0.05) is 19.3 Å². The van der Waals surface area contributed by atoms with Gasteiger partial charge in [-0.05, 0) is 51.2 Å². The van der Waals surface area contributed by atoms with Gasteiger partial charge in [-0.3, -0.25) is 10.3 Å². The van der Waals surface area contributed by atoms with Crippen molar-refractivity contribution in [2.75, 3.05) is 20.8 Å². The molecular weight excluding hydrogens is 510 g/mol. The molecule has 3 heterocycles. The SMILES string of the molecule is C=C(NOC)c1c(O)c2ccc(O[C@H]3OC4(CCCC4)[C@@H](OC)[C@H](O)[C@@H]3OC3CCCCO3)c(C)c2oc1=O. The number of hydrogen-bond acceptors (Lipinski definition) is 11. The molecule has 0 bridgehead atoms. The lowest BCUT2D eigenvalue weighted by Gasteiger charge is -2.50. The fourth-order valence-electron chi connectivity index (χ4n) is 6.03. The summed E-state index contributed by atoms with van der Waals surface area (Å²) in [6, 6.07) is 3.24. The number of aromatic hydroxyl groups is 1. The summed E-state index contributed by atoms with van der Waals surface area (Å²) in [4.78, 5) is 17.6. The predicted octanol–water partition coefficient (Wildman–Crippen LogP) is 3.26. The topological polar surface area (TPSA) is 138 Å². The van der Waals surface area contributed by atoms with Crippen LogP contribution in [0.3, 0.4) is 0 Å². The lowest BCUT2D eigenvalue weighted by molar-refractivity contribution is -0.345. The third-order valence-electron chi connectivity index (χ3n) is 7.95. The fourth-order valence-corrected chi connectivity index (χ4v) is 6.03. The second-order valence-electron chi connectivity index (χ2n) is 10.4. The molecule has 0 amide bonds. The van der Waals surface area contributed by atoms with Gasteiger partial charge in [-0.2, -0.15) is 0 Å². The van der Waals surface area contributed by atoms with Crippen molar-refractivity contribution in [2.45, 2.75) is 88.4 Å². The van der Waals surface area contributed by atoms with Crippen LogP contribution in [0.5, 0.6) is 11.5 Å². The van der Waals surface area contributed by atoms with Crippen LogP contribution in [0.2, 0.25) is 0 Å². The van der Waals surface area contributed by atoms with Gasteiger partial charge in [0.25, 0.3) is 0 Å². The molecule has 2 aromatic rings. The normalized spacial score (nSPS) is 28.6. The second-order valence-corrected chi connectivity index (χ2v) is 10.4. The van der Waals surface area contributed by atoms with Crippen molar-refractivity contribution in [1.82, 2.24) is 5.48 Å². The monoisotopic (exact) mass is 547 g/mol. The number of methoxy groups -OCH3 is 1. The van der Waals surface area contributed by atoms with E-state index in [2.05, 4.69) is 12.1 Å². The largest absolute Gasteiger partial charge is 0.506 e. The number of aliphatic hydroxyl groups is 1. The molecule has 1 saturated carbocycles. The van der Waals surface area contributed by atoms with E-state index in [-0.39, 0.29) is 22.6 Å². The highest BCUT2D eigenvalue weighted by molar-refractivity contribution is 5.91. The average molecular weight is 548 g/mol. The molecule has 11 nitrogen and oxygen atoms in total. The van der Waals surface area contributed by atoms with Gasteiger partial charge in [0.05, 0.1) is 18.2 Å². The van der Waals surface area contributed by atoms with Crippen molar-refractivity contribution in [1.29, 1.82) is 0 Å². The van der Waals surface area contributed by atoms with Crippen LogP contribution < -0.4 is 15.8 Å². The summed E-state index contributed by atoms with van der Waals surface area (Å²) in [6.07, 6.45) is 1.94. The maximum absolute atomic E-state index is 12.7. The zero-order valence-corrected chi connectivity index (χ0v) is 22.6. The van der Waals surface area contributed by atoms with Gasteiger partial charge in [-0.15, -0.1) is 0 Å². The van der Waals surface area contributed by atoms with E-state index in [1.165, 1.54) is 7.11 Å². The van der Waals surface area contributed by atoms with Crippen LogP contribution in [-0.4, -0.2) is 67.5 Å². The minimum absolute atomic E-state index is 0.0627. The molecule has 5 rings (SSSR count). The first-order chi connectivity index (χ1) is 18.8. The molecule has 3 aliphatic rings. The van der Waals surface area contributed by atoms with Crippen LogP contribution in [-0.2, 0) is 23.8 Å². The summed E-state index contributed by atoms with van der Waals surface area (Å²) in [5.41, 5.74) is 1.49. The maximum atomic E-state index is 12.7. The molecule has 214 valence electrons. The maximum Gasteiger partial charge on any atom is 0.349 e. The number of rotatable bonds is 8. The summed E-state index contributed by atoms with van der Waals surface area (Å²) in [7, 11) is 2.94. The summed E-state index contributed by atoms with van der Waals surface area (Å²) in [6.45, 7) is 6.01. The molecule has 11 heteroatoms. The summed E-state index contributed by atoms with van der Waals surface area (Å²) in [5.74, 6) is 0.0595. The van der Waals surface area contributed by atoms with Crippen molar-refractivity contribution in [3.8, 4) is 11.5 Å². The molecule has 39 heavy (non-hydrogen) atoms. The van der Waals surface area contributed by atoms with E-state index in [0.717, 1.165) is 38.5 Å². The molecule has 2 saturated heterocycles. The minimum Gasteiger partial charge on any atom is -0.506 e. The Morgan fingerprint density at radius 3 is 2.62 bits per heavy atom. The quantitative estimate of drug-likeness (QED) is 0.332. The van der Waals surface area contributed by atoms with E-state index in [1.54, 1.807) is 26.2 Å². The van der Waals surface area contributed by atoms with Crippen molar-refractivity contribution < 1.29 is 43.2 Å². The molecule has 1 aromatic carbocycles. The Hall–Kier alpha value is -2.67. The molecule has 5 atom stereocenters. The van der Waals surface area contributed by atoms with E-state index < -0.39 is 42.1 Å². The van der Waals surface area contributed by atoms with Crippen molar-refractivity contribution >= 4 is 16.7 Å². The van der Waals surface area contributed by atoms with Crippen LogP contribution in [0.1, 0.15) is 56.1 Å². The highest BCUT2D eigenvalue weighted by atomic mass is 16.7. The number of hydrogen-bond donors (Lipinski definition) is 3. The van der Waals surface area contributed by atoms with Crippen LogP contribution >= 0.6 is 0 Å². The van der Waals surface area contributed by atoms with Gasteiger partial charge in [0.15, 0.2) is 12.4 Å². The second kappa shape index (κ2) is 11.4. The molecule has 1 spiro atoms. The standard InChI is InChI=1S/C28H37NO10/c1-15-18(11-10-17-21(30)20(16(2)29-34-4)26(32)38-23(15)17)36-27-24(37-19-9-5-8-14-35-19)22(31)25(33-3)28(39-27)12-6-7-13-28/h10-11,19,22,24-25,27,29-31H,2,5-9,12-14H2,1,3-4H3/t19?,22-,24+,25+,27+/m1/s1. The van der Waals surface area contributed by atoms with Gasteiger partial charge >= 0.3 is 5.63 Å². The molecule has 1 unspecified atom stereocenters.